The van der Waals surface area contributed by atoms with Crippen LogP contribution >= 0.6 is 0 Å². The summed E-state index contributed by atoms with van der Waals surface area (Å²) in [5.74, 6) is 1.75. The molecular formula is C33H46N2O7. The maximum Gasteiger partial charge on any atom is 0.305 e. The number of benzene rings is 2. The Labute approximate surface area is 250 Å². The van der Waals surface area contributed by atoms with Crippen LogP contribution in [0.1, 0.15) is 81.1 Å². The van der Waals surface area contributed by atoms with Gasteiger partial charge in [0.2, 0.25) is 0 Å². The average Bonchev–Trinajstić information content (AvgIpc) is 3.01. The minimum Gasteiger partial charge on any atom is -0.493 e. The van der Waals surface area contributed by atoms with Gasteiger partial charge in [0.05, 0.1) is 26.9 Å². The van der Waals surface area contributed by atoms with Crippen molar-refractivity contribution in [3.63, 3.8) is 0 Å². The van der Waals surface area contributed by atoms with Crippen LogP contribution < -0.4 is 14.2 Å². The van der Waals surface area contributed by atoms with E-state index >= 15 is 0 Å². The van der Waals surface area contributed by atoms with Gasteiger partial charge in [0, 0.05) is 30.7 Å². The third-order valence-corrected chi connectivity index (χ3v) is 6.84. The summed E-state index contributed by atoms with van der Waals surface area (Å²) < 4.78 is 27.5. The van der Waals surface area contributed by atoms with E-state index in [0.29, 0.717) is 68.6 Å². The van der Waals surface area contributed by atoms with E-state index in [9.17, 15) is 9.59 Å². The molecule has 0 saturated carbocycles. The third-order valence-electron chi connectivity index (χ3n) is 6.84. The number of esters is 1. The van der Waals surface area contributed by atoms with E-state index < -0.39 is 0 Å². The van der Waals surface area contributed by atoms with Gasteiger partial charge in [-0.15, -0.1) is 0 Å². The van der Waals surface area contributed by atoms with Gasteiger partial charge in [-0.25, -0.2) is 5.01 Å². The molecule has 1 heterocycles. The highest BCUT2D eigenvalue weighted by Gasteiger charge is 2.20. The number of rotatable bonds is 19. The van der Waals surface area contributed by atoms with Crippen molar-refractivity contribution >= 4 is 17.6 Å². The molecule has 0 unspecified atom stereocenters. The van der Waals surface area contributed by atoms with Gasteiger partial charge in [0.1, 0.15) is 19.0 Å². The average molecular weight is 583 g/mol. The molecule has 1 aliphatic rings. The van der Waals surface area contributed by atoms with Crippen molar-refractivity contribution < 1.29 is 33.3 Å². The summed E-state index contributed by atoms with van der Waals surface area (Å²) in [6.07, 6.45) is 8.34. The number of ether oxygens (including phenoxy) is 5. The molecule has 0 aliphatic carbocycles. The van der Waals surface area contributed by atoms with Gasteiger partial charge >= 0.3 is 5.97 Å². The van der Waals surface area contributed by atoms with Crippen molar-refractivity contribution in [2.24, 2.45) is 5.10 Å². The first-order valence-corrected chi connectivity index (χ1v) is 15.2. The van der Waals surface area contributed by atoms with E-state index in [0.717, 1.165) is 37.0 Å². The maximum atomic E-state index is 13.1. The lowest BCUT2D eigenvalue weighted by Crippen LogP contribution is -2.32. The SMILES string of the molecule is CCCCCCCC(=O)OCCOCCOc1ccc(C(=O)N2CCCC(Cc3ccc(OC)c(OCC)c3)=N2)cc1. The van der Waals surface area contributed by atoms with Crippen molar-refractivity contribution in [2.75, 3.05) is 46.7 Å². The van der Waals surface area contributed by atoms with Gasteiger partial charge in [-0.3, -0.25) is 9.59 Å². The summed E-state index contributed by atoms with van der Waals surface area (Å²) in [4.78, 5) is 24.8. The molecule has 0 bridgehead atoms. The zero-order valence-electron chi connectivity index (χ0n) is 25.4. The Hall–Kier alpha value is -3.59. The minimum atomic E-state index is -0.166. The van der Waals surface area contributed by atoms with E-state index in [1.807, 2.05) is 25.1 Å². The third kappa shape index (κ3) is 11.4. The quantitative estimate of drug-likeness (QED) is 0.143. The fourth-order valence-electron chi connectivity index (χ4n) is 4.63. The van der Waals surface area contributed by atoms with Crippen LogP contribution in [0.15, 0.2) is 47.6 Å². The van der Waals surface area contributed by atoms with Crippen LogP contribution in [0, 0.1) is 0 Å². The zero-order chi connectivity index (χ0) is 30.0. The summed E-state index contributed by atoms with van der Waals surface area (Å²) >= 11 is 0. The molecule has 9 heteroatoms. The zero-order valence-corrected chi connectivity index (χ0v) is 25.4. The highest BCUT2D eigenvalue weighted by molar-refractivity contribution is 5.96. The summed E-state index contributed by atoms with van der Waals surface area (Å²) in [7, 11) is 1.63. The van der Waals surface area contributed by atoms with Crippen molar-refractivity contribution in [2.45, 2.75) is 71.6 Å². The molecular weight excluding hydrogens is 536 g/mol. The van der Waals surface area contributed by atoms with Crippen molar-refractivity contribution in [1.82, 2.24) is 5.01 Å². The van der Waals surface area contributed by atoms with Crippen LogP contribution in [-0.4, -0.2) is 69.3 Å². The van der Waals surface area contributed by atoms with Gasteiger partial charge in [-0.2, -0.15) is 5.10 Å². The molecule has 0 fully saturated rings. The topological polar surface area (TPSA) is 95.9 Å². The van der Waals surface area contributed by atoms with Crippen LogP contribution in [0.2, 0.25) is 0 Å². The van der Waals surface area contributed by atoms with Gasteiger partial charge in [-0.1, -0.05) is 38.7 Å². The summed E-state index contributed by atoms with van der Waals surface area (Å²) in [5, 5.41) is 6.21. The smallest absolute Gasteiger partial charge is 0.305 e. The van der Waals surface area contributed by atoms with Gasteiger partial charge in [0.15, 0.2) is 11.5 Å². The number of hydrogen-bond donors (Lipinski definition) is 0. The highest BCUT2D eigenvalue weighted by atomic mass is 16.6. The molecule has 1 amide bonds. The number of amides is 1. The molecule has 42 heavy (non-hydrogen) atoms. The first kappa shape index (κ1) is 32.9. The van der Waals surface area contributed by atoms with Crippen LogP contribution in [-0.2, 0) is 20.7 Å². The Morgan fingerprint density at radius 1 is 0.881 bits per heavy atom. The Kier molecular flexibility index (Phi) is 14.7. The molecule has 2 aromatic carbocycles. The number of carbonyl (C=O) groups excluding carboxylic acids is 2. The molecule has 3 rings (SSSR count). The predicted octanol–water partition coefficient (Wildman–Crippen LogP) is 6.23. The van der Waals surface area contributed by atoms with Crippen molar-refractivity contribution in [1.29, 1.82) is 0 Å². The molecule has 0 N–H and O–H groups in total. The van der Waals surface area contributed by atoms with E-state index in [2.05, 4.69) is 12.0 Å². The van der Waals surface area contributed by atoms with Crippen LogP contribution in [0.3, 0.4) is 0 Å². The van der Waals surface area contributed by atoms with E-state index in [-0.39, 0.29) is 18.5 Å². The lowest BCUT2D eigenvalue weighted by atomic mass is 10.0. The lowest BCUT2D eigenvalue weighted by molar-refractivity contribution is -0.145. The molecule has 0 spiro atoms. The van der Waals surface area contributed by atoms with Gasteiger partial charge in [-0.05, 0) is 68.1 Å². The number of carbonyl (C=O) groups is 2. The van der Waals surface area contributed by atoms with E-state index in [1.54, 1.807) is 36.4 Å². The summed E-state index contributed by atoms with van der Waals surface area (Å²) in [6, 6.07) is 12.9. The van der Waals surface area contributed by atoms with Crippen LogP contribution in [0.25, 0.3) is 0 Å². The molecule has 230 valence electrons. The predicted molar refractivity (Wildman–Crippen MR) is 163 cm³/mol. The number of unbranched alkanes of at least 4 members (excludes halogenated alkanes) is 4. The number of methoxy groups -OCH3 is 1. The van der Waals surface area contributed by atoms with E-state index in [1.165, 1.54) is 19.3 Å². The first-order chi connectivity index (χ1) is 20.5. The Morgan fingerprint density at radius 3 is 2.43 bits per heavy atom. The molecule has 0 radical (unpaired) electrons. The molecule has 0 saturated heterocycles. The number of hydrogen-bond acceptors (Lipinski definition) is 8. The standard InChI is InChI=1S/C33H46N2O7/c1-4-6-7-8-9-12-32(36)42-23-21-39-20-22-41-29-16-14-27(15-17-29)33(37)35-19-10-11-28(34-35)24-26-13-18-30(38-3)31(25-26)40-5-2/h13-18,25H,4-12,19-24H2,1-3H3. The Balaban J connectivity index is 1.37. The second kappa shape index (κ2) is 18.8. The minimum absolute atomic E-state index is 0.137. The van der Waals surface area contributed by atoms with Gasteiger partial charge < -0.3 is 23.7 Å². The monoisotopic (exact) mass is 582 g/mol. The Bertz CT molecular complexity index is 1130. The second-order valence-electron chi connectivity index (χ2n) is 10.2. The maximum absolute atomic E-state index is 13.1. The largest absolute Gasteiger partial charge is 0.493 e. The fourth-order valence-corrected chi connectivity index (χ4v) is 4.63. The second-order valence-corrected chi connectivity index (χ2v) is 10.2. The van der Waals surface area contributed by atoms with Crippen LogP contribution in [0.5, 0.6) is 17.2 Å². The number of nitrogens with zero attached hydrogens (tertiary/aromatic N) is 2. The normalized spacial score (nSPS) is 12.9. The van der Waals surface area contributed by atoms with Crippen molar-refractivity contribution in [3.8, 4) is 17.2 Å². The molecule has 0 aromatic heterocycles. The molecule has 9 nitrogen and oxygen atoms in total. The lowest BCUT2D eigenvalue weighted by Gasteiger charge is -2.24. The number of hydrazone groups is 1. The summed E-state index contributed by atoms with van der Waals surface area (Å²) in [5.41, 5.74) is 2.57. The van der Waals surface area contributed by atoms with Gasteiger partial charge in [0.25, 0.3) is 5.91 Å². The molecule has 0 atom stereocenters. The van der Waals surface area contributed by atoms with E-state index in [4.69, 9.17) is 23.7 Å². The van der Waals surface area contributed by atoms with Crippen LogP contribution in [0.4, 0.5) is 0 Å². The fraction of sp³-hybridized carbons (Fsp3) is 0.545. The first-order valence-electron chi connectivity index (χ1n) is 15.2. The molecule has 1 aliphatic heterocycles. The molecule has 2 aromatic rings. The van der Waals surface area contributed by atoms with Crippen molar-refractivity contribution in [3.05, 3.63) is 53.6 Å². The summed E-state index contributed by atoms with van der Waals surface area (Å²) in [6.45, 7) is 6.56. The Morgan fingerprint density at radius 2 is 1.67 bits per heavy atom. The highest BCUT2D eigenvalue weighted by Crippen LogP contribution is 2.29.